The van der Waals surface area contributed by atoms with E-state index in [4.69, 9.17) is 4.42 Å². The summed E-state index contributed by atoms with van der Waals surface area (Å²) in [6.07, 6.45) is 12.6. The first-order valence-electron chi connectivity index (χ1n) is 6.60. The van der Waals surface area contributed by atoms with Crippen molar-refractivity contribution in [2.24, 2.45) is 5.92 Å². The van der Waals surface area contributed by atoms with Gasteiger partial charge in [-0.1, -0.05) is 43.4 Å². The maximum atomic E-state index is 12.0. The third kappa shape index (κ3) is 3.69. The van der Waals surface area contributed by atoms with Gasteiger partial charge in [0.05, 0.1) is 0 Å². The van der Waals surface area contributed by atoms with Crippen molar-refractivity contribution in [3.63, 3.8) is 0 Å². The van der Waals surface area contributed by atoms with Gasteiger partial charge in [0, 0.05) is 6.07 Å². The summed E-state index contributed by atoms with van der Waals surface area (Å²) in [5.41, 5.74) is -0.319. The van der Waals surface area contributed by atoms with E-state index in [1.807, 2.05) is 37.3 Å². The molecule has 1 N–H and O–H groups in total. The van der Waals surface area contributed by atoms with Gasteiger partial charge in [0.1, 0.15) is 17.1 Å². The molecule has 0 aliphatic heterocycles. The molecule has 0 fully saturated rings. The van der Waals surface area contributed by atoms with E-state index < -0.39 is 11.4 Å². The Hall–Kier alpha value is -2.62. The van der Waals surface area contributed by atoms with Gasteiger partial charge >= 0.3 is 5.63 Å². The molecule has 4 nitrogen and oxygen atoms in total. The van der Waals surface area contributed by atoms with Crippen molar-refractivity contribution in [3.05, 3.63) is 75.9 Å². The summed E-state index contributed by atoms with van der Waals surface area (Å²) in [5.74, 6) is -0.431. The fourth-order valence-electron chi connectivity index (χ4n) is 2.01. The van der Waals surface area contributed by atoms with E-state index in [0.29, 0.717) is 0 Å². The third-order valence-electron chi connectivity index (χ3n) is 3.00. The largest absolute Gasteiger partial charge is 0.507 e. The van der Waals surface area contributed by atoms with Crippen LogP contribution in [0.5, 0.6) is 5.75 Å². The van der Waals surface area contributed by atoms with Crippen LogP contribution in [0, 0.1) is 12.8 Å². The summed E-state index contributed by atoms with van der Waals surface area (Å²) in [6, 6.07) is 1.25. The van der Waals surface area contributed by atoms with Gasteiger partial charge in [-0.15, -0.1) is 0 Å². The van der Waals surface area contributed by atoms with E-state index in [0.717, 1.165) is 5.57 Å². The zero-order chi connectivity index (χ0) is 15.4. The molecule has 0 aromatic carbocycles. The smallest absolute Gasteiger partial charge is 0.351 e. The second kappa shape index (κ2) is 6.22. The molecule has 0 saturated carbocycles. The van der Waals surface area contributed by atoms with Gasteiger partial charge in [-0.05, 0) is 24.5 Å². The Morgan fingerprint density at radius 2 is 2.14 bits per heavy atom. The minimum atomic E-state index is -0.831. The van der Waals surface area contributed by atoms with Gasteiger partial charge in [0.25, 0.3) is 0 Å². The summed E-state index contributed by atoms with van der Waals surface area (Å²) >= 11 is 0. The molecule has 1 aromatic heterocycles. The minimum absolute atomic E-state index is 0.257. The number of hydrogen-bond donors (Lipinski definition) is 1. The van der Waals surface area contributed by atoms with Gasteiger partial charge in [-0.25, -0.2) is 4.79 Å². The molecule has 0 spiro atoms. The molecular formula is C17H16O4. The van der Waals surface area contributed by atoms with Crippen molar-refractivity contribution in [1.82, 2.24) is 0 Å². The van der Waals surface area contributed by atoms with Crippen LogP contribution in [-0.2, 0) is 0 Å². The quantitative estimate of drug-likeness (QED) is 0.684. The fourth-order valence-corrected chi connectivity index (χ4v) is 2.01. The maximum absolute atomic E-state index is 12.0. The van der Waals surface area contributed by atoms with E-state index in [9.17, 15) is 14.7 Å². The van der Waals surface area contributed by atoms with Gasteiger partial charge in [-0.3, -0.25) is 4.79 Å². The van der Waals surface area contributed by atoms with Gasteiger partial charge in [-0.2, -0.15) is 0 Å². The van der Waals surface area contributed by atoms with E-state index in [-0.39, 0.29) is 23.0 Å². The van der Waals surface area contributed by atoms with Crippen LogP contribution in [0.2, 0.25) is 0 Å². The van der Waals surface area contributed by atoms with E-state index in [1.54, 1.807) is 6.08 Å². The Morgan fingerprint density at radius 3 is 2.86 bits per heavy atom. The average Bonchev–Trinajstić information content (AvgIpc) is 2.59. The van der Waals surface area contributed by atoms with Gasteiger partial charge < -0.3 is 9.52 Å². The summed E-state index contributed by atoms with van der Waals surface area (Å²) in [7, 11) is 0. The van der Waals surface area contributed by atoms with Crippen LogP contribution in [-0.4, -0.2) is 10.9 Å². The Morgan fingerprint density at radius 1 is 1.38 bits per heavy atom. The lowest BCUT2D eigenvalue weighted by Gasteiger charge is -2.00. The van der Waals surface area contributed by atoms with Crippen LogP contribution in [0.25, 0.3) is 0 Å². The Labute approximate surface area is 122 Å². The van der Waals surface area contributed by atoms with Crippen LogP contribution in [0.1, 0.15) is 23.0 Å². The van der Waals surface area contributed by atoms with Gasteiger partial charge in [0.15, 0.2) is 5.78 Å². The first kappa shape index (κ1) is 14.8. The molecule has 1 aromatic rings. The summed E-state index contributed by atoms with van der Waals surface area (Å²) in [4.78, 5) is 23.7. The third-order valence-corrected chi connectivity index (χ3v) is 3.00. The molecular weight excluding hydrogens is 268 g/mol. The number of ketones is 1. The van der Waals surface area contributed by atoms with Crippen LogP contribution >= 0.6 is 0 Å². The number of hydrogen-bond acceptors (Lipinski definition) is 4. The zero-order valence-electron chi connectivity index (χ0n) is 11.9. The maximum Gasteiger partial charge on any atom is 0.351 e. The van der Waals surface area contributed by atoms with Crippen LogP contribution in [0.3, 0.4) is 0 Å². The predicted molar refractivity (Wildman–Crippen MR) is 80.4 cm³/mol. The summed E-state index contributed by atoms with van der Waals surface area (Å²) < 4.78 is 4.83. The fraction of sp³-hybridized carbons (Fsp3) is 0.176. The average molecular weight is 284 g/mol. The Bertz CT molecular complexity index is 730. The second-order valence-electron chi connectivity index (χ2n) is 4.87. The molecule has 1 aliphatic carbocycles. The number of allylic oxidation sites excluding steroid dienone is 8. The van der Waals surface area contributed by atoms with Crippen LogP contribution < -0.4 is 5.63 Å². The molecule has 0 radical (unpaired) electrons. The summed E-state index contributed by atoms with van der Waals surface area (Å²) in [5, 5.41) is 9.71. The number of aromatic hydroxyl groups is 1. The molecule has 0 bridgehead atoms. The monoisotopic (exact) mass is 284 g/mol. The predicted octanol–water partition coefficient (Wildman–Crippen LogP) is 3.08. The first-order chi connectivity index (χ1) is 9.97. The Balaban J connectivity index is 2.27. The molecule has 21 heavy (non-hydrogen) atoms. The highest BCUT2D eigenvalue weighted by Crippen LogP contribution is 2.16. The van der Waals surface area contributed by atoms with Crippen LogP contribution in [0.15, 0.2) is 63.4 Å². The number of carbonyl (C=O) groups is 1. The summed E-state index contributed by atoms with van der Waals surface area (Å²) in [6.45, 7) is 3.56. The minimum Gasteiger partial charge on any atom is -0.507 e. The molecule has 1 aliphatic rings. The van der Waals surface area contributed by atoms with Crippen molar-refractivity contribution < 1.29 is 14.3 Å². The standard InChI is InChI=1S/C17H16O4/c1-11-5-3-4-6-13(9-11)7-8-14(18)16-15(19)10-12(2)21-17(16)20/h3-11,19H,1-2H3/b8-7+. The van der Waals surface area contributed by atoms with Gasteiger partial charge in [0.2, 0.25) is 0 Å². The molecule has 108 valence electrons. The molecule has 2 rings (SSSR count). The van der Waals surface area contributed by atoms with Crippen molar-refractivity contribution in [3.8, 4) is 5.75 Å². The number of aryl methyl sites for hydroxylation is 1. The van der Waals surface area contributed by atoms with Crippen molar-refractivity contribution in [2.75, 3.05) is 0 Å². The zero-order valence-corrected chi connectivity index (χ0v) is 11.9. The highest BCUT2D eigenvalue weighted by Gasteiger charge is 2.15. The molecule has 1 heterocycles. The number of rotatable bonds is 3. The lowest BCUT2D eigenvalue weighted by Crippen LogP contribution is -2.13. The molecule has 4 heteroatoms. The van der Waals surface area contributed by atoms with Crippen LogP contribution in [0.4, 0.5) is 0 Å². The number of carbonyl (C=O) groups excluding carboxylic acids is 1. The molecule has 0 amide bonds. The highest BCUT2D eigenvalue weighted by atomic mass is 16.4. The first-order valence-corrected chi connectivity index (χ1v) is 6.60. The molecule has 1 atom stereocenters. The topological polar surface area (TPSA) is 67.5 Å². The van der Waals surface area contributed by atoms with Crippen molar-refractivity contribution in [1.29, 1.82) is 0 Å². The molecule has 1 unspecified atom stereocenters. The lowest BCUT2D eigenvalue weighted by molar-refractivity contribution is 0.104. The van der Waals surface area contributed by atoms with Crippen molar-refractivity contribution >= 4 is 5.78 Å². The highest BCUT2D eigenvalue weighted by molar-refractivity contribution is 6.06. The Kier molecular flexibility index (Phi) is 4.38. The van der Waals surface area contributed by atoms with E-state index in [1.165, 1.54) is 19.1 Å². The lowest BCUT2D eigenvalue weighted by atomic mass is 10.1. The molecule has 0 saturated heterocycles. The van der Waals surface area contributed by atoms with E-state index in [2.05, 4.69) is 0 Å². The van der Waals surface area contributed by atoms with Crippen molar-refractivity contribution in [2.45, 2.75) is 13.8 Å². The second-order valence-corrected chi connectivity index (χ2v) is 4.87. The SMILES string of the molecule is Cc1cc(O)c(C(=O)/C=C/C2=CC(C)C=CC=C2)c(=O)o1. The normalized spacial score (nSPS) is 17.8. The van der Waals surface area contributed by atoms with E-state index >= 15 is 0 Å².